The summed E-state index contributed by atoms with van der Waals surface area (Å²) < 4.78 is 62.5. The maximum absolute atomic E-state index is 13.6. The Labute approximate surface area is 239 Å². The molecule has 0 saturated carbocycles. The number of morpholine rings is 1. The Hall–Kier alpha value is -4.08. The first-order chi connectivity index (χ1) is 19.6. The van der Waals surface area contributed by atoms with Gasteiger partial charge >= 0.3 is 0 Å². The van der Waals surface area contributed by atoms with E-state index in [1.807, 2.05) is 50.2 Å². The van der Waals surface area contributed by atoms with Gasteiger partial charge in [-0.2, -0.15) is 14.7 Å². The van der Waals surface area contributed by atoms with Crippen LogP contribution in [-0.2, 0) is 24.6 Å². The molecule has 0 aliphatic carbocycles. The number of nitriles is 1. The van der Waals surface area contributed by atoms with Crippen LogP contribution in [0.15, 0.2) is 106 Å². The molecule has 210 valence electrons. The van der Waals surface area contributed by atoms with Gasteiger partial charge in [-0.1, -0.05) is 48.5 Å². The number of hydrogen-bond donors (Lipinski definition) is 0. The maximum Gasteiger partial charge on any atom is 0.243 e. The maximum atomic E-state index is 13.6. The smallest absolute Gasteiger partial charge is 0.243 e. The molecule has 1 saturated heterocycles. The van der Waals surface area contributed by atoms with Crippen LogP contribution >= 0.6 is 0 Å². The van der Waals surface area contributed by atoms with Crippen molar-refractivity contribution in [3.05, 3.63) is 102 Å². The van der Waals surface area contributed by atoms with E-state index in [1.54, 1.807) is 41.2 Å². The highest BCUT2D eigenvalue weighted by Gasteiger charge is 2.32. The van der Waals surface area contributed by atoms with Crippen LogP contribution in [0.3, 0.4) is 0 Å². The monoisotopic (exact) mass is 588 g/mol. The Morgan fingerprint density at radius 3 is 2.15 bits per heavy atom. The predicted molar refractivity (Wildman–Crippen MR) is 155 cm³/mol. The first-order valence-electron chi connectivity index (χ1n) is 12.9. The molecular weight excluding hydrogens is 560 g/mol. The van der Waals surface area contributed by atoms with E-state index in [-0.39, 0.29) is 35.1 Å². The molecule has 1 fully saturated rings. The molecule has 0 radical (unpaired) electrons. The van der Waals surface area contributed by atoms with Gasteiger partial charge in [-0.25, -0.2) is 21.5 Å². The minimum absolute atomic E-state index is 0.00754. The Morgan fingerprint density at radius 1 is 0.902 bits per heavy atom. The molecule has 2 atom stereocenters. The number of rotatable bonds is 7. The lowest BCUT2D eigenvalue weighted by molar-refractivity contribution is -0.0440. The zero-order valence-corrected chi connectivity index (χ0v) is 24.1. The molecular formula is C30H28N4O5S2. The third-order valence-corrected chi connectivity index (χ3v) is 10.1. The van der Waals surface area contributed by atoms with Crippen molar-refractivity contribution in [1.82, 2.24) is 14.1 Å². The first kappa shape index (κ1) is 28.4. The van der Waals surface area contributed by atoms with E-state index >= 15 is 0 Å². The number of aromatic nitrogens is 2. The van der Waals surface area contributed by atoms with Crippen molar-refractivity contribution in [2.75, 3.05) is 13.1 Å². The highest BCUT2D eigenvalue weighted by Crippen LogP contribution is 2.31. The molecule has 9 nitrogen and oxygen atoms in total. The van der Waals surface area contributed by atoms with Crippen LogP contribution in [0.2, 0.25) is 0 Å². The molecule has 0 N–H and O–H groups in total. The summed E-state index contributed by atoms with van der Waals surface area (Å²) in [7, 11) is -7.96. The number of para-hydroxylation sites is 1. The zero-order chi connectivity index (χ0) is 29.2. The fourth-order valence-corrected chi connectivity index (χ4v) is 7.56. The van der Waals surface area contributed by atoms with E-state index in [0.717, 1.165) is 0 Å². The summed E-state index contributed by atoms with van der Waals surface area (Å²) in [5, 5.41) is 14.6. The number of hydrogen-bond acceptors (Lipinski definition) is 7. The number of sulfone groups is 1. The Bertz CT molecular complexity index is 1840. The Morgan fingerprint density at radius 2 is 1.51 bits per heavy atom. The van der Waals surface area contributed by atoms with E-state index in [9.17, 15) is 22.1 Å². The first-order valence-corrected chi connectivity index (χ1v) is 15.8. The normalized spacial score (nSPS) is 18.6. The molecule has 1 aromatic heterocycles. The molecule has 3 aromatic carbocycles. The molecule has 0 bridgehead atoms. The van der Waals surface area contributed by atoms with Gasteiger partial charge in [-0.15, -0.1) is 0 Å². The molecule has 1 aliphatic rings. The summed E-state index contributed by atoms with van der Waals surface area (Å²) in [5.74, 6) is 0. The zero-order valence-electron chi connectivity index (χ0n) is 22.5. The molecule has 2 unspecified atom stereocenters. The van der Waals surface area contributed by atoms with Gasteiger partial charge in [0, 0.05) is 30.4 Å². The highest BCUT2D eigenvalue weighted by atomic mass is 32.2. The lowest BCUT2D eigenvalue weighted by Gasteiger charge is -2.34. The van der Waals surface area contributed by atoms with Crippen LogP contribution in [0.1, 0.15) is 19.4 Å². The quantitative estimate of drug-likeness (QED) is 0.288. The minimum atomic E-state index is -4.11. The van der Waals surface area contributed by atoms with Crippen molar-refractivity contribution < 1.29 is 21.6 Å². The fourth-order valence-electron chi connectivity index (χ4n) is 4.75. The van der Waals surface area contributed by atoms with Crippen molar-refractivity contribution in [3.8, 4) is 23.0 Å². The van der Waals surface area contributed by atoms with E-state index < -0.39 is 24.8 Å². The lowest BCUT2D eigenvalue weighted by Crippen LogP contribution is -2.48. The van der Waals surface area contributed by atoms with Gasteiger partial charge in [0.2, 0.25) is 19.9 Å². The van der Waals surface area contributed by atoms with Gasteiger partial charge < -0.3 is 4.74 Å². The largest absolute Gasteiger partial charge is 0.373 e. The molecule has 2 heterocycles. The van der Waals surface area contributed by atoms with Gasteiger partial charge in [0.1, 0.15) is 16.7 Å². The number of nitrogens with zero attached hydrogens (tertiary/aromatic N) is 4. The van der Waals surface area contributed by atoms with Crippen LogP contribution in [0.4, 0.5) is 0 Å². The van der Waals surface area contributed by atoms with Gasteiger partial charge in [-0.3, -0.25) is 0 Å². The van der Waals surface area contributed by atoms with Gasteiger partial charge in [0.05, 0.1) is 27.7 Å². The Kier molecular flexibility index (Phi) is 7.93. The predicted octanol–water partition coefficient (Wildman–Crippen LogP) is 4.68. The fraction of sp³-hybridized carbons (Fsp3) is 0.200. The minimum Gasteiger partial charge on any atom is -0.373 e. The van der Waals surface area contributed by atoms with Gasteiger partial charge in [-0.05, 0) is 56.3 Å². The van der Waals surface area contributed by atoms with Gasteiger partial charge in [0.15, 0.2) is 0 Å². The summed E-state index contributed by atoms with van der Waals surface area (Å²) in [4.78, 5) is -0.387. The molecule has 4 aromatic rings. The van der Waals surface area contributed by atoms with Crippen molar-refractivity contribution in [2.24, 2.45) is 0 Å². The Balaban J connectivity index is 1.63. The summed E-state index contributed by atoms with van der Waals surface area (Å²) in [6, 6.07) is 25.1. The second kappa shape index (κ2) is 11.4. The SMILES string of the molecule is CC1CN(S(=O)(=O)c2cccc(-c3nn(-c4ccccc4)cc3C=C(C#N)S(=O)(=O)c3ccccc3)c2)CC(C)O1. The molecule has 11 heteroatoms. The summed E-state index contributed by atoms with van der Waals surface area (Å²) >= 11 is 0. The lowest BCUT2D eigenvalue weighted by atomic mass is 10.1. The highest BCUT2D eigenvalue weighted by molar-refractivity contribution is 7.95. The van der Waals surface area contributed by atoms with E-state index in [1.165, 1.54) is 34.6 Å². The second-order valence-corrected chi connectivity index (χ2v) is 13.6. The van der Waals surface area contributed by atoms with Gasteiger partial charge in [0.25, 0.3) is 0 Å². The summed E-state index contributed by atoms with van der Waals surface area (Å²) in [5.41, 5.74) is 1.83. The standard InChI is InChI=1S/C30H28N4O5S2/c1-22-19-33(20-23(2)39-22)41(37,38)28-15-9-10-24(16-28)30-25(21-34(32-30)26-11-5-3-6-12-26)17-29(18-31)40(35,36)27-13-7-4-8-14-27/h3-17,21-23H,19-20H2,1-2H3. The van der Waals surface area contributed by atoms with Crippen molar-refractivity contribution >= 4 is 25.9 Å². The van der Waals surface area contributed by atoms with Crippen LogP contribution < -0.4 is 0 Å². The number of allylic oxidation sites excluding steroid dienone is 1. The second-order valence-electron chi connectivity index (χ2n) is 9.76. The average Bonchev–Trinajstić information content (AvgIpc) is 3.40. The molecule has 0 amide bonds. The number of benzene rings is 3. The third-order valence-electron chi connectivity index (χ3n) is 6.63. The van der Waals surface area contributed by atoms with E-state index in [2.05, 4.69) is 0 Å². The number of sulfonamides is 1. The summed E-state index contributed by atoms with van der Waals surface area (Å²) in [6.07, 6.45) is 2.41. The molecule has 0 spiro atoms. The van der Waals surface area contributed by atoms with Crippen LogP contribution in [0.25, 0.3) is 23.0 Å². The van der Waals surface area contributed by atoms with E-state index in [4.69, 9.17) is 9.84 Å². The van der Waals surface area contributed by atoms with Crippen LogP contribution in [0.5, 0.6) is 0 Å². The van der Waals surface area contributed by atoms with E-state index in [0.29, 0.717) is 22.5 Å². The molecule has 1 aliphatic heterocycles. The van der Waals surface area contributed by atoms with Crippen LogP contribution in [0, 0.1) is 11.3 Å². The van der Waals surface area contributed by atoms with Crippen LogP contribution in [-0.4, -0.2) is 56.2 Å². The van der Waals surface area contributed by atoms with Crippen molar-refractivity contribution in [2.45, 2.75) is 35.8 Å². The van der Waals surface area contributed by atoms with Crippen molar-refractivity contribution in [1.29, 1.82) is 5.26 Å². The molecule has 41 heavy (non-hydrogen) atoms. The number of ether oxygens (including phenoxy) is 1. The summed E-state index contributed by atoms with van der Waals surface area (Å²) in [6.45, 7) is 4.13. The topological polar surface area (TPSA) is 122 Å². The molecule has 5 rings (SSSR count). The third kappa shape index (κ3) is 5.87. The average molecular weight is 589 g/mol. The van der Waals surface area contributed by atoms with Crippen molar-refractivity contribution in [3.63, 3.8) is 0 Å².